The highest BCUT2D eigenvalue weighted by atomic mass is 16.5. The predicted molar refractivity (Wildman–Crippen MR) is 97.8 cm³/mol. The third-order valence-electron chi connectivity index (χ3n) is 4.98. The van der Waals surface area contributed by atoms with Crippen molar-refractivity contribution < 1.29 is 23.5 Å². The smallest absolute Gasteiger partial charge is 0.227 e. The fourth-order valence-corrected chi connectivity index (χ4v) is 3.52. The highest BCUT2D eigenvalue weighted by Crippen LogP contribution is 2.41. The Hall–Kier alpha value is -2.54. The standard InChI is InChI=1S/C20H25NO6/c1-14-12-16(22)18(24)19(27-14)20(6-10-25-11-7-20)13-17(23)21-8-2-4-15-5-3-9-26-15/h3,5,9,12,24H,2,4,6-8,10-11,13H2,1H3,(H,21,23). The number of aromatic hydroxyl groups is 1. The van der Waals surface area contributed by atoms with E-state index in [2.05, 4.69) is 5.32 Å². The van der Waals surface area contributed by atoms with Gasteiger partial charge in [-0.1, -0.05) is 0 Å². The summed E-state index contributed by atoms with van der Waals surface area (Å²) >= 11 is 0. The SMILES string of the molecule is Cc1cc(=O)c(O)c(C2(CC(=O)NCCCc3ccco3)CCOCC2)o1. The number of amides is 1. The van der Waals surface area contributed by atoms with Gasteiger partial charge >= 0.3 is 0 Å². The molecule has 7 nitrogen and oxygen atoms in total. The van der Waals surface area contributed by atoms with Gasteiger partial charge in [0.1, 0.15) is 11.5 Å². The van der Waals surface area contributed by atoms with E-state index in [-0.39, 0.29) is 18.1 Å². The Labute approximate surface area is 157 Å². The Morgan fingerprint density at radius 3 is 2.81 bits per heavy atom. The first-order valence-corrected chi connectivity index (χ1v) is 9.21. The number of hydrogen-bond donors (Lipinski definition) is 2. The second kappa shape index (κ2) is 8.43. The van der Waals surface area contributed by atoms with Crippen LogP contribution in [0.1, 0.15) is 43.0 Å². The molecule has 0 unspecified atom stereocenters. The van der Waals surface area contributed by atoms with Crippen LogP contribution in [-0.2, 0) is 21.4 Å². The molecule has 0 radical (unpaired) electrons. The number of rotatable bonds is 7. The first kappa shape index (κ1) is 19.2. The van der Waals surface area contributed by atoms with Crippen molar-refractivity contribution in [1.82, 2.24) is 5.32 Å². The van der Waals surface area contributed by atoms with Gasteiger partial charge in [-0.3, -0.25) is 9.59 Å². The summed E-state index contributed by atoms with van der Waals surface area (Å²) < 4.78 is 16.4. The van der Waals surface area contributed by atoms with Crippen LogP contribution in [0.3, 0.4) is 0 Å². The van der Waals surface area contributed by atoms with Gasteiger partial charge in [0.15, 0.2) is 5.76 Å². The van der Waals surface area contributed by atoms with Crippen LogP contribution >= 0.6 is 0 Å². The summed E-state index contributed by atoms with van der Waals surface area (Å²) in [5.41, 5.74) is -1.23. The molecular formula is C20H25NO6. The molecule has 2 aromatic rings. The van der Waals surface area contributed by atoms with E-state index >= 15 is 0 Å². The lowest BCUT2D eigenvalue weighted by atomic mass is 9.74. The summed E-state index contributed by atoms with van der Waals surface area (Å²) in [4.78, 5) is 24.6. The summed E-state index contributed by atoms with van der Waals surface area (Å²) in [5.74, 6) is 0.948. The second-order valence-corrected chi connectivity index (χ2v) is 7.00. The normalized spacial score (nSPS) is 16.2. The number of ether oxygens (including phenoxy) is 1. The highest BCUT2D eigenvalue weighted by molar-refractivity contribution is 5.77. The lowest BCUT2D eigenvalue weighted by molar-refractivity contribution is -0.123. The zero-order valence-corrected chi connectivity index (χ0v) is 15.5. The van der Waals surface area contributed by atoms with Crippen molar-refractivity contribution in [2.75, 3.05) is 19.8 Å². The molecule has 3 rings (SSSR count). The molecule has 1 amide bonds. The number of hydrogen-bond acceptors (Lipinski definition) is 6. The first-order chi connectivity index (χ1) is 13.0. The number of carbonyl (C=O) groups excluding carboxylic acids is 1. The molecular weight excluding hydrogens is 350 g/mol. The van der Waals surface area contributed by atoms with E-state index < -0.39 is 16.6 Å². The molecule has 1 aliphatic heterocycles. The average molecular weight is 375 g/mol. The molecule has 0 atom stereocenters. The molecule has 2 aromatic heterocycles. The van der Waals surface area contributed by atoms with Gasteiger partial charge in [0, 0.05) is 44.1 Å². The van der Waals surface area contributed by atoms with E-state index in [9.17, 15) is 14.7 Å². The molecule has 0 saturated carbocycles. The molecule has 7 heteroatoms. The first-order valence-electron chi connectivity index (χ1n) is 9.21. The largest absolute Gasteiger partial charge is 0.502 e. The summed E-state index contributed by atoms with van der Waals surface area (Å²) in [6, 6.07) is 4.99. The lowest BCUT2D eigenvalue weighted by Crippen LogP contribution is -2.40. The van der Waals surface area contributed by atoms with Crippen molar-refractivity contribution in [2.45, 2.75) is 44.4 Å². The Morgan fingerprint density at radius 2 is 2.11 bits per heavy atom. The van der Waals surface area contributed by atoms with Crippen LogP contribution in [0, 0.1) is 6.92 Å². The second-order valence-electron chi connectivity index (χ2n) is 7.00. The van der Waals surface area contributed by atoms with Gasteiger partial charge in [-0.15, -0.1) is 0 Å². The van der Waals surface area contributed by atoms with Crippen LogP contribution in [0.5, 0.6) is 5.75 Å². The zero-order chi connectivity index (χ0) is 19.3. The third-order valence-corrected chi connectivity index (χ3v) is 4.98. The number of nitrogens with one attached hydrogen (secondary N) is 1. The van der Waals surface area contributed by atoms with Crippen LogP contribution in [0.2, 0.25) is 0 Å². The molecule has 2 N–H and O–H groups in total. The zero-order valence-electron chi connectivity index (χ0n) is 15.5. The van der Waals surface area contributed by atoms with Crippen molar-refractivity contribution in [3.05, 3.63) is 52.0 Å². The minimum atomic E-state index is -0.737. The summed E-state index contributed by atoms with van der Waals surface area (Å²) in [5, 5.41) is 13.2. The van der Waals surface area contributed by atoms with Crippen LogP contribution < -0.4 is 10.7 Å². The Balaban J connectivity index is 1.68. The van der Waals surface area contributed by atoms with Gasteiger partial charge in [-0.2, -0.15) is 0 Å². The monoisotopic (exact) mass is 375 g/mol. The highest BCUT2D eigenvalue weighted by Gasteiger charge is 2.41. The van der Waals surface area contributed by atoms with Crippen LogP contribution in [-0.4, -0.2) is 30.8 Å². The maximum atomic E-state index is 12.6. The molecule has 1 fully saturated rings. The molecule has 27 heavy (non-hydrogen) atoms. The number of furan rings is 1. The number of aryl methyl sites for hydroxylation is 2. The summed E-state index contributed by atoms with van der Waals surface area (Å²) in [6.45, 7) is 3.08. The van der Waals surface area contributed by atoms with Gasteiger partial charge in [0.2, 0.25) is 17.1 Å². The Kier molecular flexibility index (Phi) is 6.01. The molecule has 1 saturated heterocycles. The maximum absolute atomic E-state index is 12.6. The molecule has 0 bridgehead atoms. The van der Waals surface area contributed by atoms with E-state index in [4.69, 9.17) is 13.6 Å². The van der Waals surface area contributed by atoms with E-state index in [1.807, 2.05) is 12.1 Å². The van der Waals surface area contributed by atoms with Crippen LogP contribution in [0.15, 0.2) is 38.1 Å². The molecule has 146 valence electrons. The lowest BCUT2D eigenvalue weighted by Gasteiger charge is -2.35. The van der Waals surface area contributed by atoms with Crippen molar-refractivity contribution in [1.29, 1.82) is 0 Å². The topological polar surface area (TPSA) is 102 Å². The molecule has 0 aromatic carbocycles. The minimum Gasteiger partial charge on any atom is -0.502 e. The summed E-state index contributed by atoms with van der Waals surface area (Å²) in [7, 11) is 0. The van der Waals surface area contributed by atoms with Crippen LogP contribution in [0.25, 0.3) is 0 Å². The summed E-state index contributed by atoms with van der Waals surface area (Å²) in [6.07, 6.45) is 4.29. The van der Waals surface area contributed by atoms with Crippen molar-refractivity contribution in [3.63, 3.8) is 0 Å². The van der Waals surface area contributed by atoms with E-state index in [0.717, 1.165) is 18.6 Å². The van der Waals surface area contributed by atoms with Gasteiger partial charge in [-0.25, -0.2) is 0 Å². The van der Waals surface area contributed by atoms with Crippen LogP contribution in [0.4, 0.5) is 0 Å². The molecule has 3 heterocycles. The number of carbonyl (C=O) groups is 1. The maximum Gasteiger partial charge on any atom is 0.227 e. The fourth-order valence-electron chi connectivity index (χ4n) is 3.52. The predicted octanol–water partition coefficient (Wildman–Crippen LogP) is 2.43. The van der Waals surface area contributed by atoms with Gasteiger partial charge < -0.3 is 24.0 Å². The van der Waals surface area contributed by atoms with E-state index in [0.29, 0.717) is 38.4 Å². The Morgan fingerprint density at radius 1 is 1.33 bits per heavy atom. The molecule has 0 spiro atoms. The molecule has 1 aliphatic rings. The van der Waals surface area contributed by atoms with Crippen molar-refractivity contribution >= 4 is 5.91 Å². The van der Waals surface area contributed by atoms with Crippen molar-refractivity contribution in [2.24, 2.45) is 0 Å². The average Bonchev–Trinajstić information content (AvgIpc) is 3.16. The van der Waals surface area contributed by atoms with E-state index in [1.165, 1.54) is 6.07 Å². The fraction of sp³-hybridized carbons (Fsp3) is 0.500. The van der Waals surface area contributed by atoms with Gasteiger partial charge in [0.25, 0.3) is 0 Å². The Bertz CT molecular complexity index is 817. The van der Waals surface area contributed by atoms with Gasteiger partial charge in [0.05, 0.1) is 6.26 Å². The van der Waals surface area contributed by atoms with Crippen molar-refractivity contribution in [3.8, 4) is 5.75 Å². The van der Waals surface area contributed by atoms with E-state index in [1.54, 1.807) is 13.2 Å². The van der Waals surface area contributed by atoms with Gasteiger partial charge in [-0.05, 0) is 38.3 Å². The molecule has 0 aliphatic carbocycles. The third kappa shape index (κ3) is 4.60. The quantitative estimate of drug-likeness (QED) is 0.721. The minimum absolute atomic E-state index is 0.136.